The first-order chi connectivity index (χ1) is 9.08. The highest BCUT2D eigenvalue weighted by Gasteiger charge is 2.13. The second kappa shape index (κ2) is 5.49. The molecule has 2 aromatic rings. The molecule has 0 bridgehead atoms. The molecule has 3 N–H and O–H groups in total. The molecular weight excluding hydrogens is 264 g/mol. The van der Waals surface area contributed by atoms with Gasteiger partial charge in [-0.05, 0) is 18.2 Å². The quantitative estimate of drug-likeness (QED) is 0.385. The third-order valence-corrected chi connectivity index (χ3v) is 3.34. The lowest BCUT2D eigenvalue weighted by molar-refractivity contribution is -0.387. The molecule has 0 amide bonds. The van der Waals surface area contributed by atoms with E-state index in [4.69, 9.17) is 11.1 Å². The predicted octanol–water partition coefficient (Wildman–Crippen LogP) is 2.43. The molecule has 1 aromatic heterocycles. The van der Waals surface area contributed by atoms with Crippen LogP contribution in [-0.2, 0) is 0 Å². The summed E-state index contributed by atoms with van der Waals surface area (Å²) in [4.78, 5) is 15.1. The minimum absolute atomic E-state index is 0.0462. The summed E-state index contributed by atoms with van der Waals surface area (Å²) in [5, 5.41) is 18.8. The van der Waals surface area contributed by atoms with Gasteiger partial charge in [-0.25, -0.2) is 4.98 Å². The molecule has 0 spiro atoms. The smallest absolute Gasteiger partial charge is 0.283 e. The summed E-state index contributed by atoms with van der Waals surface area (Å²) in [6.45, 7) is 0. The fourth-order valence-electron chi connectivity index (χ4n) is 1.41. The molecular formula is C12H10N4O2S. The first kappa shape index (κ1) is 13.0. The normalized spacial score (nSPS) is 10.1. The van der Waals surface area contributed by atoms with Crippen LogP contribution in [0.3, 0.4) is 0 Å². The van der Waals surface area contributed by atoms with Gasteiger partial charge in [0.25, 0.3) is 5.69 Å². The number of amidine groups is 1. The Morgan fingerprint density at radius 3 is 2.63 bits per heavy atom. The van der Waals surface area contributed by atoms with E-state index in [2.05, 4.69) is 4.98 Å². The number of benzene rings is 1. The molecule has 7 heteroatoms. The maximum absolute atomic E-state index is 10.9. The van der Waals surface area contributed by atoms with Crippen molar-refractivity contribution in [1.29, 1.82) is 5.41 Å². The van der Waals surface area contributed by atoms with Gasteiger partial charge in [-0.1, -0.05) is 23.9 Å². The molecule has 6 nitrogen and oxygen atoms in total. The van der Waals surface area contributed by atoms with E-state index in [0.717, 1.165) is 0 Å². The zero-order valence-electron chi connectivity index (χ0n) is 9.74. The van der Waals surface area contributed by atoms with Gasteiger partial charge < -0.3 is 5.73 Å². The van der Waals surface area contributed by atoms with Crippen LogP contribution >= 0.6 is 11.8 Å². The molecule has 0 radical (unpaired) electrons. The molecule has 96 valence electrons. The molecule has 0 fully saturated rings. The Balaban J connectivity index is 2.26. The van der Waals surface area contributed by atoms with Gasteiger partial charge in [0.1, 0.15) is 10.9 Å². The van der Waals surface area contributed by atoms with Crippen molar-refractivity contribution in [3.05, 3.63) is 58.3 Å². The van der Waals surface area contributed by atoms with Crippen LogP contribution in [0.25, 0.3) is 0 Å². The van der Waals surface area contributed by atoms with E-state index in [9.17, 15) is 10.1 Å². The lowest BCUT2D eigenvalue weighted by Gasteiger charge is -2.03. The van der Waals surface area contributed by atoms with Crippen molar-refractivity contribution in [3.63, 3.8) is 0 Å². The maximum atomic E-state index is 10.9. The minimum atomic E-state index is -0.424. The number of hydrogen-bond donors (Lipinski definition) is 2. The number of pyridine rings is 1. The van der Waals surface area contributed by atoms with Crippen molar-refractivity contribution in [2.75, 3.05) is 0 Å². The number of nitrogen functional groups attached to an aromatic ring is 1. The molecule has 19 heavy (non-hydrogen) atoms. The summed E-state index contributed by atoms with van der Waals surface area (Å²) in [5.74, 6) is -0.0604. The number of aromatic nitrogens is 1. The Morgan fingerprint density at radius 2 is 2.05 bits per heavy atom. The van der Waals surface area contributed by atoms with Crippen molar-refractivity contribution in [1.82, 2.24) is 4.98 Å². The van der Waals surface area contributed by atoms with Crippen molar-refractivity contribution in [2.24, 2.45) is 5.73 Å². The number of rotatable bonds is 4. The topological polar surface area (TPSA) is 106 Å². The van der Waals surface area contributed by atoms with E-state index in [-0.39, 0.29) is 11.5 Å². The maximum Gasteiger partial charge on any atom is 0.283 e. The summed E-state index contributed by atoms with van der Waals surface area (Å²) >= 11 is 1.20. The number of nitro groups is 1. The molecule has 0 saturated heterocycles. The highest BCUT2D eigenvalue weighted by atomic mass is 32.2. The number of para-hydroxylation sites is 1. The third-order valence-electron chi connectivity index (χ3n) is 2.32. The van der Waals surface area contributed by atoms with E-state index in [1.165, 1.54) is 24.0 Å². The first-order valence-corrected chi connectivity index (χ1v) is 6.11. The summed E-state index contributed by atoms with van der Waals surface area (Å²) < 4.78 is 0. The van der Waals surface area contributed by atoms with Crippen LogP contribution < -0.4 is 5.73 Å². The summed E-state index contributed by atoms with van der Waals surface area (Å²) in [7, 11) is 0. The highest BCUT2D eigenvalue weighted by molar-refractivity contribution is 7.99. The van der Waals surface area contributed by atoms with Crippen LogP contribution in [0.2, 0.25) is 0 Å². The van der Waals surface area contributed by atoms with E-state index in [0.29, 0.717) is 15.5 Å². The van der Waals surface area contributed by atoms with Gasteiger partial charge in [0.2, 0.25) is 0 Å². The molecule has 0 aliphatic heterocycles. The Labute approximate surface area is 113 Å². The number of nitrogens with one attached hydrogen (secondary N) is 1. The minimum Gasteiger partial charge on any atom is -0.384 e. The van der Waals surface area contributed by atoms with E-state index in [1.807, 2.05) is 0 Å². The van der Waals surface area contributed by atoms with Crippen LogP contribution in [0.15, 0.2) is 52.5 Å². The van der Waals surface area contributed by atoms with Crippen molar-refractivity contribution < 1.29 is 4.92 Å². The summed E-state index contributed by atoms with van der Waals surface area (Å²) in [6.07, 6.45) is 1.47. The van der Waals surface area contributed by atoms with Gasteiger partial charge in [0.15, 0.2) is 0 Å². The molecule has 0 unspecified atom stereocenters. The predicted molar refractivity (Wildman–Crippen MR) is 72.5 cm³/mol. The van der Waals surface area contributed by atoms with Gasteiger partial charge in [-0.15, -0.1) is 0 Å². The Kier molecular flexibility index (Phi) is 3.76. The molecule has 0 aliphatic rings. The van der Waals surface area contributed by atoms with Gasteiger partial charge in [-0.3, -0.25) is 15.5 Å². The van der Waals surface area contributed by atoms with Crippen LogP contribution in [0, 0.1) is 15.5 Å². The summed E-state index contributed by atoms with van der Waals surface area (Å²) in [6, 6.07) is 9.81. The van der Waals surface area contributed by atoms with E-state index in [1.54, 1.807) is 30.3 Å². The molecule has 0 atom stereocenters. The average Bonchev–Trinajstić information content (AvgIpc) is 2.39. The molecule has 2 rings (SSSR count). The van der Waals surface area contributed by atoms with Crippen LogP contribution in [0.1, 0.15) is 5.56 Å². The van der Waals surface area contributed by atoms with Gasteiger partial charge in [0, 0.05) is 17.8 Å². The lowest BCUT2D eigenvalue weighted by atomic mass is 10.3. The Bertz CT molecular complexity index is 628. The number of nitrogens with two attached hydrogens (primary N) is 1. The first-order valence-electron chi connectivity index (χ1n) is 5.29. The zero-order chi connectivity index (χ0) is 13.8. The standard InChI is InChI=1S/C12H10N4O2S/c13-12(14)8-5-6-11(15-7-8)19-10-4-2-1-3-9(10)16(17)18/h1-7H,(H3,13,14). The van der Waals surface area contributed by atoms with E-state index < -0.39 is 4.92 Å². The number of nitro benzene ring substituents is 1. The fraction of sp³-hybridized carbons (Fsp3) is 0. The highest BCUT2D eigenvalue weighted by Crippen LogP contribution is 2.33. The number of nitrogens with zero attached hydrogens (tertiary/aromatic N) is 2. The molecule has 1 aromatic carbocycles. The third kappa shape index (κ3) is 3.08. The summed E-state index contributed by atoms with van der Waals surface area (Å²) in [5.41, 5.74) is 5.89. The van der Waals surface area contributed by atoms with Gasteiger partial charge in [0.05, 0.1) is 9.82 Å². The van der Waals surface area contributed by atoms with Crippen molar-refractivity contribution >= 4 is 23.3 Å². The molecule has 1 heterocycles. The van der Waals surface area contributed by atoms with Crippen molar-refractivity contribution in [3.8, 4) is 0 Å². The van der Waals surface area contributed by atoms with Crippen molar-refractivity contribution in [2.45, 2.75) is 9.92 Å². The fourth-order valence-corrected chi connectivity index (χ4v) is 2.27. The van der Waals surface area contributed by atoms with Gasteiger partial charge >= 0.3 is 0 Å². The van der Waals surface area contributed by atoms with Crippen LogP contribution in [-0.4, -0.2) is 15.7 Å². The van der Waals surface area contributed by atoms with Gasteiger partial charge in [-0.2, -0.15) is 0 Å². The number of hydrogen-bond acceptors (Lipinski definition) is 5. The lowest BCUT2D eigenvalue weighted by Crippen LogP contribution is -2.11. The Morgan fingerprint density at radius 1 is 1.32 bits per heavy atom. The largest absolute Gasteiger partial charge is 0.384 e. The molecule has 0 aliphatic carbocycles. The molecule has 0 saturated carbocycles. The zero-order valence-corrected chi connectivity index (χ0v) is 10.6. The van der Waals surface area contributed by atoms with E-state index >= 15 is 0 Å². The second-order valence-corrected chi connectivity index (χ2v) is 4.69. The second-order valence-electron chi connectivity index (χ2n) is 3.63. The van der Waals surface area contributed by atoms with Crippen LogP contribution in [0.4, 0.5) is 5.69 Å². The monoisotopic (exact) mass is 274 g/mol. The van der Waals surface area contributed by atoms with Crippen LogP contribution in [0.5, 0.6) is 0 Å². The average molecular weight is 274 g/mol. The Hall–Kier alpha value is -2.41. The SMILES string of the molecule is N=C(N)c1ccc(Sc2ccccc2[N+](=O)[O-])nc1.